The fourth-order valence-electron chi connectivity index (χ4n) is 1.28. The maximum atomic E-state index is 10.7. The highest BCUT2D eigenvalue weighted by molar-refractivity contribution is 6.74. The third kappa shape index (κ3) is 3.78. The maximum Gasteiger partial charge on any atom is 0.270 e. The molecule has 1 N–H and O–H groups in total. The molecule has 6 heteroatoms. The maximum absolute atomic E-state index is 10.7. The van der Waals surface area contributed by atoms with Gasteiger partial charge in [-0.05, 0) is 24.2 Å². The molecule has 0 fully saturated rings. The Hall–Kier alpha value is -1.40. The molecule has 0 amide bonds. The molecule has 0 aromatic heterocycles. The average Bonchev–Trinajstić information content (AvgIpc) is 2.26. The second-order valence-electron chi connectivity index (χ2n) is 6.12. The van der Waals surface area contributed by atoms with Gasteiger partial charge in [-0.25, -0.2) is 0 Å². The number of nitro groups is 1. The van der Waals surface area contributed by atoms with Gasteiger partial charge in [0.05, 0.1) is 11.5 Å². The largest absolute Gasteiger partial charge is 0.508 e. The number of hydrogen-bond acceptors (Lipinski definition) is 4. The highest BCUT2D eigenvalue weighted by atomic mass is 28.4. The van der Waals surface area contributed by atoms with Gasteiger partial charge in [0.2, 0.25) is 0 Å². The lowest BCUT2D eigenvalue weighted by Gasteiger charge is -2.36. The summed E-state index contributed by atoms with van der Waals surface area (Å²) in [6.07, 6.45) is 0. The van der Waals surface area contributed by atoms with Crippen LogP contribution < -0.4 is 0 Å². The summed E-state index contributed by atoms with van der Waals surface area (Å²) in [5.41, 5.74) is 0.422. The first kappa shape index (κ1) is 15.7. The lowest BCUT2D eigenvalue weighted by molar-refractivity contribution is -0.385. The van der Waals surface area contributed by atoms with Crippen molar-refractivity contribution in [3.05, 3.63) is 33.9 Å². The van der Waals surface area contributed by atoms with Crippen LogP contribution in [0.2, 0.25) is 18.1 Å². The fraction of sp³-hybridized carbons (Fsp3) is 0.538. The van der Waals surface area contributed by atoms with Gasteiger partial charge < -0.3 is 9.53 Å². The van der Waals surface area contributed by atoms with Gasteiger partial charge in [-0.15, -0.1) is 0 Å². The summed E-state index contributed by atoms with van der Waals surface area (Å²) in [5.74, 6) is 0.0318. The molecular weight excluding hydrogens is 262 g/mol. The van der Waals surface area contributed by atoms with E-state index in [0.717, 1.165) is 0 Å². The number of nitrogens with zero attached hydrogens (tertiary/aromatic N) is 1. The molecule has 0 saturated carbocycles. The molecule has 19 heavy (non-hydrogen) atoms. The van der Waals surface area contributed by atoms with Crippen LogP contribution in [-0.2, 0) is 11.0 Å². The van der Waals surface area contributed by atoms with Crippen LogP contribution in [0.15, 0.2) is 18.2 Å². The Morgan fingerprint density at radius 3 is 2.42 bits per heavy atom. The normalized spacial score (nSPS) is 12.5. The average molecular weight is 283 g/mol. The van der Waals surface area contributed by atoms with Crippen molar-refractivity contribution in [2.24, 2.45) is 0 Å². The van der Waals surface area contributed by atoms with Gasteiger partial charge in [-0.2, -0.15) is 0 Å². The van der Waals surface area contributed by atoms with E-state index in [1.807, 2.05) is 0 Å². The Morgan fingerprint density at radius 2 is 1.95 bits per heavy atom. The van der Waals surface area contributed by atoms with Gasteiger partial charge in [0.25, 0.3) is 5.69 Å². The first-order valence-electron chi connectivity index (χ1n) is 6.15. The Labute approximate surface area is 114 Å². The van der Waals surface area contributed by atoms with Crippen LogP contribution in [0.5, 0.6) is 5.75 Å². The van der Waals surface area contributed by atoms with E-state index >= 15 is 0 Å². The minimum atomic E-state index is -1.94. The van der Waals surface area contributed by atoms with Gasteiger partial charge in [-0.3, -0.25) is 10.1 Å². The number of non-ortho nitro benzene ring substituents is 1. The van der Waals surface area contributed by atoms with Crippen molar-refractivity contribution in [3.8, 4) is 5.75 Å². The zero-order chi connectivity index (χ0) is 14.8. The molecule has 5 nitrogen and oxygen atoms in total. The van der Waals surface area contributed by atoms with E-state index < -0.39 is 13.2 Å². The number of nitro benzene ring substituents is 1. The smallest absolute Gasteiger partial charge is 0.270 e. The van der Waals surface area contributed by atoms with E-state index in [9.17, 15) is 15.2 Å². The van der Waals surface area contributed by atoms with Crippen LogP contribution in [-0.4, -0.2) is 18.3 Å². The minimum absolute atomic E-state index is 0.0318. The summed E-state index contributed by atoms with van der Waals surface area (Å²) in [6, 6.07) is 3.98. The Morgan fingerprint density at radius 1 is 1.37 bits per heavy atom. The van der Waals surface area contributed by atoms with Gasteiger partial charge in [-0.1, -0.05) is 20.8 Å². The molecule has 0 aliphatic rings. The molecule has 0 aliphatic heterocycles. The molecular formula is C13H21NO4Si. The zero-order valence-electron chi connectivity index (χ0n) is 12.1. The van der Waals surface area contributed by atoms with Crippen molar-refractivity contribution in [1.82, 2.24) is 0 Å². The SMILES string of the molecule is CC(C)(C)[Si](C)(C)OCc1cc([N+](=O)[O-])ccc1O. The molecule has 1 aromatic rings. The summed E-state index contributed by atoms with van der Waals surface area (Å²) in [7, 11) is -1.94. The van der Waals surface area contributed by atoms with Crippen molar-refractivity contribution in [2.45, 2.75) is 45.5 Å². The fourth-order valence-corrected chi connectivity index (χ4v) is 2.23. The number of aromatic hydroxyl groups is 1. The molecule has 0 bridgehead atoms. The highest BCUT2D eigenvalue weighted by Crippen LogP contribution is 2.37. The van der Waals surface area contributed by atoms with Crippen LogP contribution >= 0.6 is 0 Å². The lowest BCUT2D eigenvalue weighted by Crippen LogP contribution is -2.40. The third-order valence-corrected chi connectivity index (χ3v) is 8.15. The number of benzene rings is 1. The number of phenols is 1. The molecule has 1 aromatic carbocycles. The Kier molecular flexibility index (Phi) is 4.37. The molecule has 0 unspecified atom stereocenters. The molecule has 0 atom stereocenters. The van der Waals surface area contributed by atoms with Crippen LogP contribution in [0, 0.1) is 10.1 Å². The van der Waals surface area contributed by atoms with Crippen molar-refractivity contribution < 1.29 is 14.5 Å². The lowest BCUT2D eigenvalue weighted by atomic mass is 10.2. The molecule has 0 saturated heterocycles. The number of rotatable bonds is 4. The second-order valence-corrected chi connectivity index (χ2v) is 10.9. The van der Waals surface area contributed by atoms with Gasteiger partial charge in [0.15, 0.2) is 8.32 Å². The second kappa shape index (κ2) is 5.30. The molecule has 0 radical (unpaired) electrons. The third-order valence-electron chi connectivity index (χ3n) is 3.67. The van der Waals surface area contributed by atoms with E-state index in [-0.39, 0.29) is 23.1 Å². The first-order valence-corrected chi connectivity index (χ1v) is 9.05. The van der Waals surface area contributed by atoms with Gasteiger partial charge in [0, 0.05) is 17.7 Å². The van der Waals surface area contributed by atoms with Gasteiger partial charge in [0.1, 0.15) is 5.75 Å². The topological polar surface area (TPSA) is 72.6 Å². The van der Waals surface area contributed by atoms with Crippen molar-refractivity contribution in [3.63, 3.8) is 0 Å². The summed E-state index contributed by atoms with van der Waals surface area (Å²) in [6.45, 7) is 10.7. The Bertz CT molecular complexity index is 480. The van der Waals surface area contributed by atoms with E-state index in [1.165, 1.54) is 18.2 Å². The van der Waals surface area contributed by atoms with E-state index in [1.54, 1.807) is 0 Å². The number of phenolic OH excluding ortho intramolecular Hbond substituents is 1. The molecule has 0 heterocycles. The summed E-state index contributed by atoms with van der Waals surface area (Å²) in [4.78, 5) is 10.2. The monoisotopic (exact) mass is 283 g/mol. The van der Waals surface area contributed by atoms with Crippen LogP contribution in [0.25, 0.3) is 0 Å². The first-order chi connectivity index (χ1) is 8.54. The number of hydrogen-bond donors (Lipinski definition) is 1. The predicted molar refractivity (Wildman–Crippen MR) is 76.7 cm³/mol. The Balaban J connectivity index is 2.89. The molecule has 0 aliphatic carbocycles. The van der Waals surface area contributed by atoms with Crippen LogP contribution in [0.4, 0.5) is 5.69 Å². The van der Waals surface area contributed by atoms with E-state index in [2.05, 4.69) is 33.9 Å². The quantitative estimate of drug-likeness (QED) is 0.518. The molecule has 1 rings (SSSR count). The zero-order valence-corrected chi connectivity index (χ0v) is 13.1. The standard InChI is InChI=1S/C13H21NO4Si/c1-13(2,3)19(4,5)18-9-10-8-11(14(16)17)6-7-12(10)15/h6-8,15H,9H2,1-5H3. The molecule has 106 valence electrons. The van der Waals surface area contributed by atoms with Crippen LogP contribution in [0.1, 0.15) is 26.3 Å². The predicted octanol–water partition coefficient (Wildman–Crippen LogP) is 3.82. The van der Waals surface area contributed by atoms with E-state index in [0.29, 0.717) is 5.56 Å². The molecule has 0 spiro atoms. The summed E-state index contributed by atoms with van der Waals surface area (Å²) in [5, 5.41) is 20.5. The summed E-state index contributed by atoms with van der Waals surface area (Å²) >= 11 is 0. The van der Waals surface area contributed by atoms with Crippen LogP contribution in [0.3, 0.4) is 0 Å². The van der Waals surface area contributed by atoms with Crippen molar-refractivity contribution >= 4 is 14.0 Å². The van der Waals surface area contributed by atoms with E-state index in [4.69, 9.17) is 4.43 Å². The highest BCUT2D eigenvalue weighted by Gasteiger charge is 2.37. The van der Waals surface area contributed by atoms with Crippen molar-refractivity contribution in [2.75, 3.05) is 0 Å². The summed E-state index contributed by atoms with van der Waals surface area (Å²) < 4.78 is 5.95. The minimum Gasteiger partial charge on any atom is -0.508 e. The van der Waals surface area contributed by atoms with Gasteiger partial charge >= 0.3 is 0 Å². The van der Waals surface area contributed by atoms with Crippen molar-refractivity contribution in [1.29, 1.82) is 0 Å².